The standard InChI is InChI=1S/C17H20FNO/c1-12(10-14-6-4-3-5-7-14)19-13(2)16-9-8-15(20)11-17(16)18/h3-9,11-13,19-20H,10H2,1-2H3. The number of hydrogen-bond acceptors (Lipinski definition) is 2. The highest BCUT2D eigenvalue weighted by molar-refractivity contribution is 5.29. The van der Waals surface area contributed by atoms with Gasteiger partial charge in [0.05, 0.1) is 0 Å². The third kappa shape index (κ3) is 3.81. The van der Waals surface area contributed by atoms with E-state index in [0.29, 0.717) is 5.56 Å². The van der Waals surface area contributed by atoms with Crippen molar-refractivity contribution in [2.75, 3.05) is 0 Å². The van der Waals surface area contributed by atoms with Crippen LogP contribution in [0.4, 0.5) is 4.39 Å². The number of aromatic hydroxyl groups is 1. The lowest BCUT2D eigenvalue weighted by molar-refractivity contribution is 0.448. The lowest BCUT2D eigenvalue weighted by Gasteiger charge is -2.21. The quantitative estimate of drug-likeness (QED) is 0.868. The molecule has 0 fully saturated rings. The van der Waals surface area contributed by atoms with Crippen LogP contribution in [-0.4, -0.2) is 11.1 Å². The molecule has 0 aliphatic rings. The predicted octanol–water partition coefficient (Wildman–Crippen LogP) is 3.81. The van der Waals surface area contributed by atoms with Gasteiger partial charge >= 0.3 is 0 Å². The van der Waals surface area contributed by atoms with Crippen molar-refractivity contribution >= 4 is 0 Å². The van der Waals surface area contributed by atoms with Crippen LogP contribution in [0.25, 0.3) is 0 Å². The van der Waals surface area contributed by atoms with Crippen molar-refractivity contribution in [3.05, 3.63) is 65.5 Å². The zero-order chi connectivity index (χ0) is 14.5. The Morgan fingerprint density at radius 1 is 1.10 bits per heavy atom. The third-order valence-corrected chi connectivity index (χ3v) is 3.37. The van der Waals surface area contributed by atoms with Crippen LogP contribution < -0.4 is 5.32 Å². The first kappa shape index (κ1) is 14.5. The van der Waals surface area contributed by atoms with E-state index >= 15 is 0 Å². The van der Waals surface area contributed by atoms with Gasteiger partial charge < -0.3 is 10.4 Å². The molecule has 0 aliphatic heterocycles. The summed E-state index contributed by atoms with van der Waals surface area (Å²) in [5.41, 5.74) is 1.83. The minimum absolute atomic E-state index is 0.0456. The Hall–Kier alpha value is -1.87. The normalized spacial score (nSPS) is 13.9. The van der Waals surface area contributed by atoms with Gasteiger partial charge in [0, 0.05) is 23.7 Å². The van der Waals surface area contributed by atoms with E-state index in [-0.39, 0.29) is 23.7 Å². The van der Waals surface area contributed by atoms with Crippen molar-refractivity contribution in [2.45, 2.75) is 32.4 Å². The van der Waals surface area contributed by atoms with Crippen molar-refractivity contribution in [3.8, 4) is 5.75 Å². The van der Waals surface area contributed by atoms with E-state index in [9.17, 15) is 9.50 Å². The van der Waals surface area contributed by atoms with Crippen LogP contribution in [0.1, 0.15) is 31.0 Å². The molecule has 0 saturated carbocycles. The number of phenols is 1. The van der Waals surface area contributed by atoms with Crippen LogP contribution in [0.2, 0.25) is 0 Å². The summed E-state index contributed by atoms with van der Waals surface area (Å²) in [6, 6.07) is 14.6. The Kier molecular flexibility index (Phi) is 4.74. The molecule has 2 atom stereocenters. The number of phenolic OH excluding ortho intramolecular Hbond substituents is 1. The van der Waals surface area contributed by atoms with Gasteiger partial charge in [-0.1, -0.05) is 36.4 Å². The highest BCUT2D eigenvalue weighted by atomic mass is 19.1. The molecule has 20 heavy (non-hydrogen) atoms. The fraction of sp³-hybridized carbons (Fsp3) is 0.294. The maximum atomic E-state index is 13.8. The van der Waals surface area contributed by atoms with Gasteiger partial charge in [-0.3, -0.25) is 0 Å². The van der Waals surface area contributed by atoms with Gasteiger partial charge in [-0.25, -0.2) is 4.39 Å². The monoisotopic (exact) mass is 273 g/mol. The Balaban J connectivity index is 1.98. The molecule has 0 amide bonds. The van der Waals surface area contributed by atoms with Crippen molar-refractivity contribution in [1.29, 1.82) is 0 Å². The largest absolute Gasteiger partial charge is 0.508 e. The lowest BCUT2D eigenvalue weighted by atomic mass is 10.0. The molecule has 2 aromatic carbocycles. The van der Waals surface area contributed by atoms with Crippen molar-refractivity contribution in [1.82, 2.24) is 5.32 Å². The van der Waals surface area contributed by atoms with Gasteiger partial charge in [-0.2, -0.15) is 0 Å². The van der Waals surface area contributed by atoms with E-state index < -0.39 is 0 Å². The summed E-state index contributed by atoms with van der Waals surface area (Å²) in [4.78, 5) is 0. The summed E-state index contributed by atoms with van der Waals surface area (Å²) in [5.74, 6) is -0.423. The molecule has 106 valence electrons. The first-order valence-corrected chi connectivity index (χ1v) is 6.84. The predicted molar refractivity (Wildman–Crippen MR) is 79.2 cm³/mol. The van der Waals surface area contributed by atoms with Gasteiger partial charge in [0.1, 0.15) is 11.6 Å². The van der Waals surface area contributed by atoms with Crippen LogP contribution >= 0.6 is 0 Å². The maximum Gasteiger partial charge on any atom is 0.131 e. The summed E-state index contributed by atoms with van der Waals surface area (Å²) in [6.07, 6.45) is 0.894. The Morgan fingerprint density at radius 2 is 1.80 bits per heavy atom. The second-order valence-electron chi connectivity index (χ2n) is 5.18. The number of nitrogens with one attached hydrogen (secondary N) is 1. The van der Waals surface area contributed by atoms with Gasteiger partial charge in [0.2, 0.25) is 0 Å². The SMILES string of the molecule is CC(Cc1ccccc1)NC(C)c1ccc(O)cc1F. The molecule has 2 N–H and O–H groups in total. The molecule has 2 rings (SSSR count). The number of rotatable bonds is 5. The summed E-state index contributed by atoms with van der Waals surface area (Å²) in [6.45, 7) is 4.01. The average molecular weight is 273 g/mol. The van der Waals surface area contributed by atoms with Crippen molar-refractivity contribution in [3.63, 3.8) is 0 Å². The fourth-order valence-corrected chi connectivity index (χ4v) is 2.41. The first-order valence-electron chi connectivity index (χ1n) is 6.84. The van der Waals surface area contributed by atoms with E-state index in [4.69, 9.17) is 0 Å². The van der Waals surface area contributed by atoms with Gasteiger partial charge in [0.25, 0.3) is 0 Å². The number of halogens is 1. The molecule has 0 saturated heterocycles. The number of benzene rings is 2. The molecule has 2 nitrogen and oxygen atoms in total. The highest BCUT2D eigenvalue weighted by Crippen LogP contribution is 2.21. The first-order chi connectivity index (χ1) is 9.56. The van der Waals surface area contributed by atoms with Crippen LogP contribution in [0.3, 0.4) is 0 Å². The third-order valence-electron chi connectivity index (χ3n) is 3.37. The smallest absolute Gasteiger partial charge is 0.131 e. The van der Waals surface area contributed by atoms with E-state index in [1.54, 1.807) is 6.07 Å². The average Bonchev–Trinajstić information content (AvgIpc) is 2.39. The van der Waals surface area contributed by atoms with Gasteiger partial charge in [-0.05, 0) is 31.9 Å². The molecule has 2 aromatic rings. The molecule has 2 unspecified atom stereocenters. The molecule has 0 aliphatic carbocycles. The summed E-state index contributed by atoms with van der Waals surface area (Å²) < 4.78 is 13.8. The van der Waals surface area contributed by atoms with E-state index in [1.807, 2.05) is 25.1 Å². The zero-order valence-corrected chi connectivity index (χ0v) is 11.8. The Morgan fingerprint density at radius 3 is 2.45 bits per heavy atom. The van der Waals surface area contributed by atoms with Crippen molar-refractivity contribution in [2.24, 2.45) is 0 Å². The van der Waals surface area contributed by atoms with E-state index in [0.717, 1.165) is 12.5 Å². The van der Waals surface area contributed by atoms with Crippen molar-refractivity contribution < 1.29 is 9.50 Å². The van der Waals surface area contributed by atoms with Gasteiger partial charge in [-0.15, -0.1) is 0 Å². The summed E-state index contributed by atoms with van der Waals surface area (Å²) in [5, 5.41) is 12.6. The molecule has 0 spiro atoms. The van der Waals surface area contributed by atoms with Crippen LogP contribution in [-0.2, 0) is 6.42 Å². The summed E-state index contributed by atoms with van der Waals surface area (Å²) >= 11 is 0. The van der Waals surface area contributed by atoms with E-state index in [1.165, 1.54) is 11.6 Å². The fourth-order valence-electron chi connectivity index (χ4n) is 2.41. The second-order valence-corrected chi connectivity index (χ2v) is 5.18. The molecular weight excluding hydrogens is 253 g/mol. The van der Waals surface area contributed by atoms with Crippen LogP contribution in [0, 0.1) is 5.82 Å². The van der Waals surface area contributed by atoms with Crippen LogP contribution in [0.15, 0.2) is 48.5 Å². The Bertz CT molecular complexity index is 556. The van der Waals surface area contributed by atoms with Crippen LogP contribution in [0.5, 0.6) is 5.75 Å². The molecule has 0 heterocycles. The maximum absolute atomic E-state index is 13.8. The summed E-state index contributed by atoms with van der Waals surface area (Å²) in [7, 11) is 0. The molecular formula is C17H20FNO. The second kappa shape index (κ2) is 6.53. The number of hydrogen-bond donors (Lipinski definition) is 2. The minimum atomic E-state index is -0.378. The topological polar surface area (TPSA) is 32.3 Å². The molecule has 0 bridgehead atoms. The zero-order valence-electron chi connectivity index (χ0n) is 11.8. The molecule has 0 aromatic heterocycles. The lowest BCUT2D eigenvalue weighted by Crippen LogP contribution is -2.31. The molecule has 3 heteroatoms. The Labute approximate surface area is 119 Å². The minimum Gasteiger partial charge on any atom is -0.508 e. The van der Waals surface area contributed by atoms with Gasteiger partial charge in [0.15, 0.2) is 0 Å². The highest BCUT2D eigenvalue weighted by Gasteiger charge is 2.14. The molecule has 0 radical (unpaired) electrons. The van der Waals surface area contributed by atoms with E-state index in [2.05, 4.69) is 24.4 Å².